The number of rotatable bonds is 6. The van der Waals surface area contributed by atoms with Gasteiger partial charge in [0.05, 0.1) is 0 Å². The molecule has 1 aromatic carbocycles. The van der Waals surface area contributed by atoms with Crippen molar-refractivity contribution in [1.29, 1.82) is 0 Å². The molecule has 0 aliphatic heterocycles. The van der Waals surface area contributed by atoms with Crippen molar-refractivity contribution < 1.29 is 4.74 Å². The lowest BCUT2D eigenvalue weighted by atomic mass is 10.0. The van der Waals surface area contributed by atoms with Crippen molar-refractivity contribution in [1.82, 2.24) is 5.32 Å². The van der Waals surface area contributed by atoms with E-state index < -0.39 is 0 Å². The highest BCUT2D eigenvalue weighted by Gasteiger charge is 2.11. The first-order chi connectivity index (χ1) is 8.95. The Morgan fingerprint density at radius 3 is 2.44 bits per heavy atom. The van der Waals surface area contributed by atoms with Crippen molar-refractivity contribution >= 4 is 0 Å². The van der Waals surface area contributed by atoms with Gasteiger partial charge in [-0.25, -0.2) is 0 Å². The van der Waals surface area contributed by atoms with Gasteiger partial charge in [-0.3, -0.25) is 0 Å². The third-order valence-corrected chi connectivity index (χ3v) is 3.70. The topological polar surface area (TPSA) is 21.3 Å². The van der Waals surface area contributed by atoms with E-state index in [1.807, 2.05) is 30.3 Å². The van der Waals surface area contributed by atoms with Gasteiger partial charge in [0.2, 0.25) is 0 Å². The third-order valence-electron chi connectivity index (χ3n) is 3.70. The first-order valence-electron chi connectivity index (χ1n) is 7.34. The normalized spacial score (nSPS) is 17.3. The van der Waals surface area contributed by atoms with Crippen molar-refractivity contribution in [2.75, 3.05) is 19.7 Å². The first-order valence-corrected chi connectivity index (χ1v) is 7.34. The molecule has 1 aliphatic rings. The highest BCUT2D eigenvalue weighted by atomic mass is 16.5. The Bertz CT molecular complexity index is 304. The molecule has 1 N–H and O–H groups in total. The highest BCUT2D eigenvalue weighted by molar-refractivity contribution is 5.20. The van der Waals surface area contributed by atoms with Gasteiger partial charge < -0.3 is 10.1 Å². The number of ether oxygens (including phenoxy) is 1. The molecule has 0 spiro atoms. The molecule has 2 nitrogen and oxygen atoms in total. The predicted molar refractivity (Wildman–Crippen MR) is 76.0 cm³/mol. The van der Waals surface area contributed by atoms with Crippen LogP contribution in [0.25, 0.3) is 0 Å². The van der Waals surface area contributed by atoms with E-state index in [-0.39, 0.29) is 0 Å². The molecule has 18 heavy (non-hydrogen) atoms. The average molecular weight is 247 g/mol. The van der Waals surface area contributed by atoms with E-state index in [0.29, 0.717) is 0 Å². The number of nitrogens with one attached hydrogen (secondary N) is 1. The van der Waals surface area contributed by atoms with Crippen LogP contribution in [0.2, 0.25) is 0 Å². The van der Waals surface area contributed by atoms with Crippen molar-refractivity contribution in [2.45, 2.75) is 38.5 Å². The molecule has 2 heteroatoms. The van der Waals surface area contributed by atoms with Crippen LogP contribution in [0.5, 0.6) is 5.75 Å². The minimum Gasteiger partial charge on any atom is -0.492 e. The van der Waals surface area contributed by atoms with Crippen molar-refractivity contribution in [3.05, 3.63) is 30.3 Å². The minimum atomic E-state index is 0.761. The Morgan fingerprint density at radius 2 is 1.72 bits per heavy atom. The Balaban J connectivity index is 1.53. The molecule has 1 aliphatic carbocycles. The average Bonchev–Trinajstić information content (AvgIpc) is 2.68. The summed E-state index contributed by atoms with van der Waals surface area (Å²) >= 11 is 0. The van der Waals surface area contributed by atoms with Crippen LogP contribution in [0.15, 0.2) is 30.3 Å². The molecule has 0 unspecified atom stereocenters. The van der Waals surface area contributed by atoms with E-state index in [1.54, 1.807) is 0 Å². The Kier molecular flexibility index (Phi) is 6.07. The maximum absolute atomic E-state index is 5.66. The summed E-state index contributed by atoms with van der Waals surface area (Å²) in [6.45, 7) is 2.88. The van der Waals surface area contributed by atoms with Crippen molar-refractivity contribution in [3.8, 4) is 5.75 Å². The predicted octanol–water partition coefficient (Wildman–Crippen LogP) is 3.63. The second kappa shape index (κ2) is 8.15. The molecular weight excluding hydrogens is 222 g/mol. The molecule has 0 bridgehead atoms. The van der Waals surface area contributed by atoms with Gasteiger partial charge in [-0.15, -0.1) is 0 Å². The van der Waals surface area contributed by atoms with Gasteiger partial charge >= 0.3 is 0 Å². The van der Waals surface area contributed by atoms with Crippen LogP contribution >= 0.6 is 0 Å². The molecular formula is C16H25NO. The lowest BCUT2D eigenvalue weighted by molar-refractivity contribution is 0.305. The molecule has 0 radical (unpaired) electrons. The summed E-state index contributed by atoms with van der Waals surface area (Å²) < 4.78 is 5.66. The smallest absolute Gasteiger partial charge is 0.119 e. The summed E-state index contributed by atoms with van der Waals surface area (Å²) in [5, 5.41) is 3.53. The maximum Gasteiger partial charge on any atom is 0.119 e. The molecule has 0 amide bonds. The molecule has 1 aromatic rings. The van der Waals surface area contributed by atoms with Gasteiger partial charge in [-0.2, -0.15) is 0 Å². The molecule has 1 saturated carbocycles. The lowest BCUT2D eigenvalue weighted by Gasteiger charge is -2.15. The fourth-order valence-electron chi connectivity index (χ4n) is 2.63. The number of benzene rings is 1. The van der Waals surface area contributed by atoms with Gasteiger partial charge in [-0.05, 0) is 37.4 Å². The molecule has 0 aromatic heterocycles. The van der Waals surface area contributed by atoms with E-state index in [4.69, 9.17) is 4.74 Å². The molecule has 0 saturated heterocycles. The zero-order valence-electron chi connectivity index (χ0n) is 11.2. The lowest BCUT2D eigenvalue weighted by Crippen LogP contribution is -2.27. The molecule has 2 rings (SSSR count). The minimum absolute atomic E-state index is 0.761. The van der Waals surface area contributed by atoms with E-state index in [9.17, 15) is 0 Å². The summed E-state index contributed by atoms with van der Waals surface area (Å²) in [4.78, 5) is 0. The number of para-hydroxylation sites is 1. The zero-order valence-corrected chi connectivity index (χ0v) is 11.2. The van der Waals surface area contributed by atoms with Gasteiger partial charge in [0.15, 0.2) is 0 Å². The SMILES string of the molecule is c1ccc(OCCNCC2CCCCCC2)cc1. The van der Waals surface area contributed by atoms with Crippen LogP contribution in [-0.2, 0) is 0 Å². The quantitative estimate of drug-likeness (QED) is 0.612. The van der Waals surface area contributed by atoms with Crippen LogP contribution in [0, 0.1) is 5.92 Å². The maximum atomic E-state index is 5.66. The van der Waals surface area contributed by atoms with E-state index in [1.165, 1.54) is 38.5 Å². The van der Waals surface area contributed by atoms with Gasteiger partial charge in [0.1, 0.15) is 12.4 Å². The third kappa shape index (κ3) is 5.09. The Hall–Kier alpha value is -1.02. The van der Waals surface area contributed by atoms with Gasteiger partial charge in [0, 0.05) is 6.54 Å². The largest absolute Gasteiger partial charge is 0.492 e. The second-order valence-electron chi connectivity index (χ2n) is 5.22. The van der Waals surface area contributed by atoms with E-state index in [2.05, 4.69) is 5.32 Å². The van der Waals surface area contributed by atoms with E-state index in [0.717, 1.165) is 31.4 Å². The van der Waals surface area contributed by atoms with Crippen LogP contribution in [0.4, 0.5) is 0 Å². The van der Waals surface area contributed by atoms with Gasteiger partial charge in [0.25, 0.3) is 0 Å². The summed E-state index contributed by atoms with van der Waals surface area (Å²) in [6.07, 6.45) is 8.54. The van der Waals surface area contributed by atoms with Crippen LogP contribution in [0.1, 0.15) is 38.5 Å². The summed E-state index contributed by atoms with van der Waals surface area (Å²) in [7, 11) is 0. The number of hydrogen-bond acceptors (Lipinski definition) is 2. The summed E-state index contributed by atoms with van der Waals surface area (Å²) in [5.41, 5.74) is 0. The molecule has 1 fully saturated rings. The Labute approximate surface area is 111 Å². The molecule has 0 heterocycles. The van der Waals surface area contributed by atoms with Crippen molar-refractivity contribution in [3.63, 3.8) is 0 Å². The highest BCUT2D eigenvalue weighted by Crippen LogP contribution is 2.21. The second-order valence-corrected chi connectivity index (χ2v) is 5.22. The van der Waals surface area contributed by atoms with Crippen LogP contribution in [0.3, 0.4) is 0 Å². The summed E-state index contributed by atoms with van der Waals surface area (Å²) in [6, 6.07) is 10.0. The Morgan fingerprint density at radius 1 is 1.00 bits per heavy atom. The standard InChI is InChI=1S/C16H25NO/c1-2-5-9-15(8-4-1)14-17-12-13-18-16-10-6-3-7-11-16/h3,6-7,10-11,15,17H,1-2,4-5,8-9,12-14H2. The first kappa shape index (κ1) is 13.4. The fourth-order valence-corrected chi connectivity index (χ4v) is 2.63. The van der Waals surface area contributed by atoms with Crippen LogP contribution < -0.4 is 10.1 Å². The molecule has 0 atom stereocenters. The molecule has 100 valence electrons. The van der Waals surface area contributed by atoms with E-state index >= 15 is 0 Å². The van der Waals surface area contributed by atoms with Gasteiger partial charge in [-0.1, -0.05) is 43.9 Å². The number of hydrogen-bond donors (Lipinski definition) is 1. The van der Waals surface area contributed by atoms with Crippen LogP contribution in [-0.4, -0.2) is 19.7 Å². The summed E-state index contributed by atoms with van der Waals surface area (Å²) in [5.74, 6) is 1.86. The van der Waals surface area contributed by atoms with Crippen molar-refractivity contribution in [2.24, 2.45) is 5.92 Å². The zero-order chi connectivity index (χ0) is 12.5. The fraction of sp³-hybridized carbons (Fsp3) is 0.625. The monoisotopic (exact) mass is 247 g/mol.